The maximum absolute atomic E-state index is 12.6. The van der Waals surface area contributed by atoms with E-state index in [-0.39, 0.29) is 5.91 Å². The molecule has 1 amide bonds. The van der Waals surface area contributed by atoms with Crippen molar-refractivity contribution in [1.82, 2.24) is 29.9 Å². The molecule has 2 aromatic heterocycles. The summed E-state index contributed by atoms with van der Waals surface area (Å²) in [5.74, 6) is 0.998. The van der Waals surface area contributed by atoms with Crippen molar-refractivity contribution in [2.75, 3.05) is 14.1 Å². The largest absolute Gasteiger partial charge is 0.340 e. The Kier molecular flexibility index (Phi) is 4.04. The quantitative estimate of drug-likeness (QED) is 0.768. The molecule has 0 spiro atoms. The van der Waals surface area contributed by atoms with Crippen LogP contribution in [0.4, 0.5) is 0 Å². The Balaban J connectivity index is 1.88. The van der Waals surface area contributed by atoms with E-state index in [2.05, 4.69) is 20.4 Å². The minimum Gasteiger partial charge on any atom is -0.340 e. The van der Waals surface area contributed by atoms with Crippen LogP contribution in [0.3, 0.4) is 0 Å². The average molecular weight is 352 g/mol. The van der Waals surface area contributed by atoms with Gasteiger partial charge in [-0.1, -0.05) is 17.3 Å². The highest BCUT2D eigenvalue weighted by molar-refractivity contribution is 5.81. The highest BCUT2D eigenvalue weighted by Gasteiger charge is 2.26. The van der Waals surface area contributed by atoms with Crippen LogP contribution in [0.25, 0.3) is 17.2 Å². The molecule has 3 heterocycles. The van der Waals surface area contributed by atoms with Crippen LogP contribution in [-0.2, 0) is 24.3 Å². The Morgan fingerprint density at radius 3 is 3.00 bits per heavy atom. The van der Waals surface area contributed by atoms with Crippen molar-refractivity contribution in [3.05, 3.63) is 47.2 Å². The molecule has 0 atom stereocenters. The molecule has 0 aliphatic carbocycles. The van der Waals surface area contributed by atoms with E-state index in [0.29, 0.717) is 36.9 Å². The summed E-state index contributed by atoms with van der Waals surface area (Å²) in [5, 5.41) is 7.03. The number of carbonyl (C=O) groups is 1. The van der Waals surface area contributed by atoms with Gasteiger partial charge in [0.2, 0.25) is 17.6 Å². The van der Waals surface area contributed by atoms with Crippen molar-refractivity contribution >= 4 is 5.91 Å². The van der Waals surface area contributed by atoms with Crippen molar-refractivity contribution in [2.45, 2.75) is 26.4 Å². The number of aromatic nitrogens is 4. The number of benzene rings is 1. The van der Waals surface area contributed by atoms with E-state index in [1.54, 1.807) is 18.3 Å². The van der Waals surface area contributed by atoms with Gasteiger partial charge in [-0.05, 0) is 31.2 Å². The lowest BCUT2D eigenvalue weighted by molar-refractivity contribution is -0.129. The van der Waals surface area contributed by atoms with E-state index in [0.717, 1.165) is 22.5 Å². The summed E-state index contributed by atoms with van der Waals surface area (Å²) in [4.78, 5) is 23.2. The first-order chi connectivity index (χ1) is 12.6. The summed E-state index contributed by atoms with van der Waals surface area (Å²) in [5.41, 5.74) is 4.56. The topological polar surface area (TPSA) is 89.1 Å². The molecule has 3 aromatic rings. The van der Waals surface area contributed by atoms with Crippen molar-refractivity contribution in [3.8, 4) is 17.2 Å². The smallest absolute Gasteiger partial charge is 0.240 e. The van der Waals surface area contributed by atoms with Gasteiger partial charge in [0.15, 0.2) is 0 Å². The van der Waals surface area contributed by atoms with E-state index < -0.39 is 0 Å². The molecule has 1 N–H and O–H groups in total. The van der Waals surface area contributed by atoms with Gasteiger partial charge in [-0.2, -0.15) is 4.98 Å². The average Bonchev–Trinajstić information content (AvgIpc) is 3.23. The Morgan fingerprint density at radius 1 is 1.35 bits per heavy atom. The number of rotatable bonds is 3. The van der Waals surface area contributed by atoms with Crippen molar-refractivity contribution in [3.63, 3.8) is 0 Å². The summed E-state index contributed by atoms with van der Waals surface area (Å²) in [6.45, 7) is 2.94. The molecule has 0 fully saturated rings. The van der Waals surface area contributed by atoms with Crippen LogP contribution in [0.2, 0.25) is 0 Å². The Morgan fingerprint density at radius 2 is 2.19 bits per heavy atom. The molecule has 8 nitrogen and oxygen atoms in total. The van der Waals surface area contributed by atoms with Gasteiger partial charge in [0.1, 0.15) is 12.0 Å². The number of amides is 1. The number of imidazole rings is 1. The predicted octanol–water partition coefficient (Wildman–Crippen LogP) is 1.46. The molecule has 1 aromatic carbocycles. The molecule has 1 aliphatic heterocycles. The van der Waals surface area contributed by atoms with Gasteiger partial charge in [-0.3, -0.25) is 4.79 Å². The van der Waals surface area contributed by atoms with Crippen LogP contribution >= 0.6 is 0 Å². The molecular formula is C18H20N6O2. The number of fused-ring (bicyclic) bond motifs is 3. The Bertz CT molecular complexity index is 974. The second-order valence-electron chi connectivity index (χ2n) is 6.45. The SMILES string of the molecule is CNCc1nc(-c2ncn3c2CN(C)C(=O)Cc2c(C)cccc2-3)no1. The molecule has 0 unspecified atom stereocenters. The Labute approximate surface area is 150 Å². The van der Waals surface area contributed by atoms with E-state index in [1.807, 2.05) is 36.7 Å². The van der Waals surface area contributed by atoms with Crippen molar-refractivity contribution in [2.24, 2.45) is 0 Å². The molecular weight excluding hydrogens is 332 g/mol. The second kappa shape index (κ2) is 6.38. The number of hydrogen-bond acceptors (Lipinski definition) is 6. The number of hydrogen-bond donors (Lipinski definition) is 1. The minimum atomic E-state index is 0.0722. The van der Waals surface area contributed by atoms with Crippen LogP contribution in [-0.4, -0.2) is 44.6 Å². The lowest BCUT2D eigenvalue weighted by Gasteiger charge is -2.24. The van der Waals surface area contributed by atoms with E-state index in [9.17, 15) is 4.79 Å². The number of aryl methyl sites for hydroxylation is 1. The van der Waals surface area contributed by atoms with Gasteiger partial charge in [0.25, 0.3) is 0 Å². The molecule has 8 heteroatoms. The number of likely N-dealkylation sites (N-methyl/N-ethyl adjacent to an activating group) is 1. The summed E-state index contributed by atoms with van der Waals surface area (Å²) in [6.07, 6.45) is 2.14. The zero-order valence-corrected chi connectivity index (χ0v) is 15.0. The van der Waals surface area contributed by atoms with Crippen LogP contribution in [0, 0.1) is 6.92 Å². The van der Waals surface area contributed by atoms with E-state index in [4.69, 9.17) is 4.52 Å². The standard InChI is InChI=1S/C18H20N6O2/c1-11-5-4-6-13-12(11)7-16(25)23(3)9-14-17(20-10-24(13)14)18-21-15(8-19-2)26-22-18/h4-6,10,19H,7-9H2,1-3H3. The van der Waals surface area contributed by atoms with Gasteiger partial charge in [-0.25, -0.2) is 4.98 Å². The summed E-state index contributed by atoms with van der Waals surface area (Å²) in [6, 6.07) is 6.03. The number of nitrogens with one attached hydrogen (secondary N) is 1. The monoisotopic (exact) mass is 352 g/mol. The highest BCUT2D eigenvalue weighted by Crippen LogP contribution is 2.29. The fourth-order valence-corrected chi connectivity index (χ4v) is 3.23. The molecule has 134 valence electrons. The molecule has 26 heavy (non-hydrogen) atoms. The molecule has 0 saturated heterocycles. The normalized spacial score (nSPS) is 14.0. The van der Waals surface area contributed by atoms with Gasteiger partial charge >= 0.3 is 0 Å². The first-order valence-electron chi connectivity index (χ1n) is 8.45. The zero-order valence-electron chi connectivity index (χ0n) is 15.0. The molecule has 1 aliphatic rings. The summed E-state index contributed by atoms with van der Waals surface area (Å²) < 4.78 is 7.28. The molecule has 0 saturated carbocycles. The third-order valence-corrected chi connectivity index (χ3v) is 4.66. The second-order valence-corrected chi connectivity index (χ2v) is 6.45. The maximum Gasteiger partial charge on any atom is 0.240 e. The van der Waals surface area contributed by atoms with Crippen molar-refractivity contribution in [1.29, 1.82) is 0 Å². The summed E-state index contributed by atoms with van der Waals surface area (Å²) >= 11 is 0. The van der Waals surface area contributed by atoms with E-state index >= 15 is 0 Å². The van der Waals surface area contributed by atoms with Crippen LogP contribution < -0.4 is 5.32 Å². The zero-order chi connectivity index (χ0) is 18.3. The lowest BCUT2D eigenvalue weighted by atomic mass is 10.0. The fourth-order valence-electron chi connectivity index (χ4n) is 3.23. The van der Waals surface area contributed by atoms with Crippen molar-refractivity contribution < 1.29 is 9.32 Å². The first kappa shape index (κ1) is 16.5. The number of carbonyl (C=O) groups excluding carboxylic acids is 1. The van der Waals surface area contributed by atoms with Gasteiger partial charge < -0.3 is 19.3 Å². The third kappa shape index (κ3) is 2.68. The van der Waals surface area contributed by atoms with Crippen LogP contribution in [0.5, 0.6) is 0 Å². The molecule has 0 bridgehead atoms. The lowest BCUT2D eigenvalue weighted by Crippen LogP contribution is -2.31. The molecule has 4 rings (SSSR count). The Hall–Kier alpha value is -3.00. The minimum absolute atomic E-state index is 0.0722. The summed E-state index contributed by atoms with van der Waals surface area (Å²) in [7, 11) is 3.62. The highest BCUT2D eigenvalue weighted by atomic mass is 16.5. The van der Waals surface area contributed by atoms with Crippen LogP contribution in [0.15, 0.2) is 29.0 Å². The van der Waals surface area contributed by atoms with Gasteiger partial charge in [0.05, 0.1) is 30.9 Å². The fraction of sp³-hybridized carbons (Fsp3) is 0.333. The van der Waals surface area contributed by atoms with E-state index in [1.165, 1.54) is 0 Å². The maximum atomic E-state index is 12.6. The van der Waals surface area contributed by atoms with Crippen LogP contribution in [0.1, 0.15) is 22.7 Å². The first-order valence-corrected chi connectivity index (χ1v) is 8.45. The third-order valence-electron chi connectivity index (χ3n) is 4.66. The number of nitrogens with zero attached hydrogens (tertiary/aromatic N) is 5. The molecule has 0 radical (unpaired) electrons. The van der Waals surface area contributed by atoms with Gasteiger partial charge in [0, 0.05) is 7.05 Å². The predicted molar refractivity (Wildman–Crippen MR) is 94.5 cm³/mol. The van der Waals surface area contributed by atoms with Gasteiger partial charge in [-0.15, -0.1) is 0 Å².